The molecule has 2 atom stereocenters. The first-order chi connectivity index (χ1) is 32.6. The van der Waals surface area contributed by atoms with E-state index in [1.165, 1.54) is 116 Å². The lowest BCUT2D eigenvalue weighted by molar-refractivity contribution is -0.870. The second-order valence-electron chi connectivity index (χ2n) is 19.1. The molecule has 0 aromatic rings. The number of carbonyl (C=O) groups is 3. The number of carboxylic acids is 1. The lowest BCUT2D eigenvalue weighted by Crippen LogP contribution is -2.44. The molecule has 67 heavy (non-hydrogen) atoms. The van der Waals surface area contributed by atoms with Crippen molar-refractivity contribution in [1.29, 1.82) is 0 Å². The zero-order valence-corrected chi connectivity index (χ0v) is 43.8. The van der Waals surface area contributed by atoms with Gasteiger partial charge in [-0.25, -0.2) is 0 Å². The summed E-state index contributed by atoms with van der Waals surface area (Å²) >= 11 is 0. The largest absolute Gasteiger partial charge is 0.545 e. The zero-order valence-electron chi connectivity index (χ0n) is 43.8. The topological polar surface area (TPSA) is 111 Å². The number of quaternary nitrogens is 1. The molecule has 386 valence electrons. The number of hydrogen-bond donors (Lipinski definition) is 0. The Kier molecular flexibility index (Phi) is 46.8. The van der Waals surface area contributed by atoms with Crippen LogP contribution in [0.2, 0.25) is 0 Å². The van der Waals surface area contributed by atoms with Crippen LogP contribution in [-0.4, -0.2) is 82.3 Å². The standard InChI is InChI=1S/C58H101NO8/c1-6-8-10-12-14-16-18-20-22-24-26-27-28-29-31-32-34-36-38-40-42-44-46-48-55(60)65-52-54(53-66-58(57(62)63)64-51-50-59(3,4)5)67-56(61)49-47-45-43-41-39-37-35-33-30-25-23-21-19-17-15-13-11-9-7-2/h9,11,15,17,21,23-24,26,30,33,37,39,54,58H,6-8,10,12-14,16,18-20,22,25,27-29,31-32,34-36,38,40-53H2,1-5H3/b11-9-,17-15-,23-21-,26-24-,33-30-,39-37-. The minimum Gasteiger partial charge on any atom is -0.545 e. The van der Waals surface area contributed by atoms with Crippen molar-refractivity contribution in [2.45, 2.75) is 232 Å². The summed E-state index contributed by atoms with van der Waals surface area (Å²) in [5.74, 6) is -2.33. The second-order valence-corrected chi connectivity index (χ2v) is 19.1. The van der Waals surface area contributed by atoms with E-state index < -0.39 is 24.3 Å². The fourth-order valence-electron chi connectivity index (χ4n) is 7.26. The Morgan fingerprint density at radius 3 is 1.30 bits per heavy atom. The highest BCUT2D eigenvalue weighted by Gasteiger charge is 2.22. The zero-order chi connectivity index (χ0) is 49.2. The first-order valence-corrected chi connectivity index (χ1v) is 27.1. The van der Waals surface area contributed by atoms with E-state index in [-0.39, 0.29) is 38.6 Å². The molecule has 0 bridgehead atoms. The van der Waals surface area contributed by atoms with E-state index in [1.807, 2.05) is 21.1 Å². The third-order valence-electron chi connectivity index (χ3n) is 11.4. The van der Waals surface area contributed by atoms with E-state index in [0.717, 1.165) is 70.6 Å². The predicted octanol–water partition coefficient (Wildman–Crippen LogP) is 14.1. The van der Waals surface area contributed by atoms with Crippen LogP contribution in [0.5, 0.6) is 0 Å². The molecule has 0 saturated carbocycles. The van der Waals surface area contributed by atoms with Gasteiger partial charge < -0.3 is 33.3 Å². The molecule has 0 amide bonds. The molecule has 0 spiro atoms. The molecule has 2 unspecified atom stereocenters. The number of likely N-dealkylation sites (N-methyl/N-ethyl adjacent to an activating group) is 1. The minimum atomic E-state index is -1.63. The summed E-state index contributed by atoms with van der Waals surface area (Å²) in [5.41, 5.74) is 0. The lowest BCUT2D eigenvalue weighted by Gasteiger charge is -2.26. The van der Waals surface area contributed by atoms with Gasteiger partial charge in [-0.1, -0.05) is 196 Å². The van der Waals surface area contributed by atoms with Crippen molar-refractivity contribution in [2.75, 3.05) is 47.5 Å². The van der Waals surface area contributed by atoms with E-state index in [1.54, 1.807) is 0 Å². The fraction of sp³-hybridized carbons (Fsp3) is 0.741. The van der Waals surface area contributed by atoms with Gasteiger partial charge in [0.2, 0.25) is 0 Å². The number of carbonyl (C=O) groups excluding carboxylic acids is 3. The van der Waals surface area contributed by atoms with Gasteiger partial charge in [0.25, 0.3) is 0 Å². The molecule has 0 radical (unpaired) electrons. The summed E-state index contributed by atoms with van der Waals surface area (Å²) in [4.78, 5) is 37.2. The summed E-state index contributed by atoms with van der Waals surface area (Å²) < 4.78 is 22.6. The van der Waals surface area contributed by atoms with Crippen molar-refractivity contribution in [1.82, 2.24) is 0 Å². The molecule has 0 aliphatic rings. The van der Waals surface area contributed by atoms with Gasteiger partial charge in [0.1, 0.15) is 13.2 Å². The highest BCUT2D eigenvalue weighted by Crippen LogP contribution is 2.15. The van der Waals surface area contributed by atoms with Gasteiger partial charge in [0.05, 0.1) is 40.3 Å². The first kappa shape index (κ1) is 63.7. The van der Waals surface area contributed by atoms with Crippen LogP contribution in [0.1, 0.15) is 219 Å². The number of esters is 2. The third kappa shape index (κ3) is 50.4. The molecule has 0 aromatic carbocycles. The molecule has 0 aliphatic heterocycles. The Morgan fingerprint density at radius 2 is 0.851 bits per heavy atom. The molecule has 0 rings (SSSR count). The van der Waals surface area contributed by atoms with Crippen molar-refractivity contribution in [3.8, 4) is 0 Å². The van der Waals surface area contributed by atoms with Gasteiger partial charge >= 0.3 is 11.9 Å². The summed E-state index contributed by atoms with van der Waals surface area (Å²) in [6.07, 6.45) is 59.4. The number of allylic oxidation sites excluding steroid dienone is 12. The van der Waals surface area contributed by atoms with Crippen LogP contribution in [0.25, 0.3) is 0 Å². The Morgan fingerprint density at radius 1 is 0.463 bits per heavy atom. The molecule has 0 aliphatic carbocycles. The van der Waals surface area contributed by atoms with Gasteiger partial charge in [0, 0.05) is 12.8 Å². The van der Waals surface area contributed by atoms with Crippen molar-refractivity contribution in [3.63, 3.8) is 0 Å². The van der Waals surface area contributed by atoms with Crippen LogP contribution in [-0.2, 0) is 33.3 Å². The van der Waals surface area contributed by atoms with Crippen LogP contribution in [0.4, 0.5) is 0 Å². The average molecular weight is 940 g/mol. The smallest absolute Gasteiger partial charge is 0.306 e. The fourth-order valence-corrected chi connectivity index (χ4v) is 7.26. The van der Waals surface area contributed by atoms with Gasteiger partial charge in [-0.3, -0.25) is 9.59 Å². The summed E-state index contributed by atoms with van der Waals surface area (Å²) in [6, 6.07) is 0. The van der Waals surface area contributed by atoms with Gasteiger partial charge in [-0.2, -0.15) is 0 Å². The van der Waals surface area contributed by atoms with Crippen LogP contribution < -0.4 is 5.11 Å². The van der Waals surface area contributed by atoms with E-state index in [2.05, 4.69) is 86.8 Å². The average Bonchev–Trinajstić information content (AvgIpc) is 3.29. The first-order valence-electron chi connectivity index (χ1n) is 27.1. The van der Waals surface area contributed by atoms with Gasteiger partial charge in [-0.15, -0.1) is 0 Å². The van der Waals surface area contributed by atoms with Gasteiger partial charge in [-0.05, 0) is 83.5 Å². The maximum Gasteiger partial charge on any atom is 0.306 e. The van der Waals surface area contributed by atoms with Crippen LogP contribution >= 0.6 is 0 Å². The molecule has 0 aromatic heterocycles. The predicted molar refractivity (Wildman–Crippen MR) is 278 cm³/mol. The molecule has 0 heterocycles. The van der Waals surface area contributed by atoms with Crippen molar-refractivity contribution in [3.05, 3.63) is 72.9 Å². The second kappa shape index (κ2) is 49.2. The normalized spacial score (nSPS) is 13.4. The van der Waals surface area contributed by atoms with Crippen molar-refractivity contribution in [2.24, 2.45) is 0 Å². The van der Waals surface area contributed by atoms with Gasteiger partial charge in [0.15, 0.2) is 12.4 Å². The number of unbranched alkanes of at least 4 members (excludes halogenated alkanes) is 22. The SMILES string of the molecule is CC/C=C\C/C=C\C/C=C\C/C=C\C/C=C\CCCCCC(=O)OC(COC(=O)CCCCCCCCCCCCC/C=C\CCCCCCCCCC)COC(OCC[N+](C)(C)C)C(=O)[O-]. The third-order valence-corrected chi connectivity index (χ3v) is 11.4. The number of rotatable bonds is 49. The van der Waals surface area contributed by atoms with Crippen LogP contribution in [0.15, 0.2) is 72.9 Å². The quantitative estimate of drug-likeness (QED) is 0.0195. The summed E-state index contributed by atoms with van der Waals surface area (Å²) in [6.45, 7) is 4.60. The van der Waals surface area contributed by atoms with Crippen LogP contribution in [0, 0.1) is 0 Å². The maximum absolute atomic E-state index is 12.8. The van der Waals surface area contributed by atoms with Crippen LogP contribution in [0.3, 0.4) is 0 Å². The molecule has 9 heteroatoms. The Labute approximate surface area is 411 Å². The van der Waals surface area contributed by atoms with Crippen molar-refractivity contribution < 1.29 is 42.9 Å². The lowest BCUT2D eigenvalue weighted by atomic mass is 10.0. The number of hydrogen-bond acceptors (Lipinski definition) is 8. The molecule has 0 N–H and O–H groups in total. The molecule has 0 saturated heterocycles. The molecular weight excluding hydrogens is 839 g/mol. The number of nitrogens with zero attached hydrogens (tertiary/aromatic N) is 1. The Balaban J connectivity index is 4.34. The minimum absolute atomic E-state index is 0.138. The monoisotopic (exact) mass is 940 g/mol. The summed E-state index contributed by atoms with van der Waals surface area (Å²) in [7, 11) is 5.90. The van der Waals surface area contributed by atoms with Crippen molar-refractivity contribution >= 4 is 17.9 Å². The number of carboxylic acid groups (broad SMARTS) is 1. The molecule has 9 nitrogen and oxygen atoms in total. The van der Waals surface area contributed by atoms with E-state index in [9.17, 15) is 19.5 Å². The maximum atomic E-state index is 12.8. The van der Waals surface area contributed by atoms with E-state index >= 15 is 0 Å². The molecule has 0 fully saturated rings. The van der Waals surface area contributed by atoms with E-state index in [4.69, 9.17) is 18.9 Å². The number of aliphatic carboxylic acids is 1. The number of ether oxygens (including phenoxy) is 4. The highest BCUT2D eigenvalue weighted by atomic mass is 16.7. The summed E-state index contributed by atoms with van der Waals surface area (Å²) in [5, 5.41) is 11.7. The molecular formula is C58H101NO8. The highest BCUT2D eigenvalue weighted by molar-refractivity contribution is 5.70. The Bertz CT molecular complexity index is 1330. The Hall–Kier alpha value is -3.27. The van der Waals surface area contributed by atoms with E-state index in [0.29, 0.717) is 17.4 Å².